The minimum atomic E-state index is -0.684. The molecule has 0 fully saturated rings. The Bertz CT molecular complexity index is 1030. The summed E-state index contributed by atoms with van der Waals surface area (Å²) >= 11 is 0. The molecule has 3 aromatic rings. The predicted octanol–water partition coefficient (Wildman–Crippen LogP) is 2.12. The Labute approximate surface area is 146 Å². The van der Waals surface area contributed by atoms with Crippen LogP contribution in [0.25, 0.3) is 17.4 Å². The van der Waals surface area contributed by atoms with Crippen LogP contribution in [0.1, 0.15) is 5.76 Å². The number of nitro benzene ring substituents is 1. The molecule has 0 radical (unpaired) electrons. The Hall–Kier alpha value is -4.26. The normalized spacial score (nSPS) is 11.0. The van der Waals surface area contributed by atoms with E-state index in [0.717, 1.165) is 0 Å². The second-order valence-electron chi connectivity index (χ2n) is 4.96. The third-order valence-electron chi connectivity index (χ3n) is 3.29. The number of aromatic nitrogens is 3. The van der Waals surface area contributed by atoms with Gasteiger partial charge in [0.2, 0.25) is 0 Å². The number of furan rings is 1. The van der Waals surface area contributed by atoms with Gasteiger partial charge in [-0.3, -0.25) is 20.3 Å². The van der Waals surface area contributed by atoms with Gasteiger partial charge < -0.3 is 4.42 Å². The quantitative estimate of drug-likeness (QED) is 0.321. The van der Waals surface area contributed by atoms with Crippen LogP contribution in [0.5, 0.6) is 0 Å². The standard InChI is InChI=1S/C16H10N6O4/c17-8-11(16(23)20-21-9-18-19-10-21)7-12-5-6-15(26-12)13-3-1-2-4-14(13)22(24)25/h1-7,9-10H,(H,20,23)/b11-7-. The number of hydrogen-bond donors (Lipinski definition) is 1. The van der Waals surface area contributed by atoms with E-state index < -0.39 is 10.8 Å². The van der Waals surface area contributed by atoms with Gasteiger partial charge in [-0.15, -0.1) is 10.2 Å². The van der Waals surface area contributed by atoms with Gasteiger partial charge in [0.05, 0.1) is 10.5 Å². The Morgan fingerprint density at radius 1 is 1.27 bits per heavy atom. The molecule has 10 heteroatoms. The maximum Gasteiger partial charge on any atom is 0.280 e. The first-order chi connectivity index (χ1) is 12.6. The number of benzene rings is 1. The zero-order valence-electron chi connectivity index (χ0n) is 13.1. The number of nitriles is 1. The summed E-state index contributed by atoms with van der Waals surface area (Å²) in [5.41, 5.74) is 2.35. The average molecular weight is 350 g/mol. The van der Waals surface area contributed by atoms with Gasteiger partial charge in [0.1, 0.15) is 35.8 Å². The molecule has 3 rings (SSSR count). The van der Waals surface area contributed by atoms with Gasteiger partial charge in [0, 0.05) is 12.1 Å². The van der Waals surface area contributed by atoms with Crippen LogP contribution >= 0.6 is 0 Å². The van der Waals surface area contributed by atoms with Gasteiger partial charge in [-0.25, -0.2) is 4.68 Å². The third kappa shape index (κ3) is 3.46. The van der Waals surface area contributed by atoms with Crippen molar-refractivity contribution in [2.75, 3.05) is 5.43 Å². The highest BCUT2D eigenvalue weighted by molar-refractivity contribution is 6.06. The number of hydrogen-bond acceptors (Lipinski definition) is 7. The number of nitrogens with zero attached hydrogens (tertiary/aromatic N) is 5. The Morgan fingerprint density at radius 3 is 2.69 bits per heavy atom. The summed E-state index contributed by atoms with van der Waals surface area (Å²) in [4.78, 5) is 22.7. The third-order valence-corrected chi connectivity index (χ3v) is 3.29. The zero-order valence-corrected chi connectivity index (χ0v) is 13.1. The molecule has 1 aromatic carbocycles. The minimum Gasteiger partial charge on any atom is -0.456 e. The molecule has 0 bridgehead atoms. The number of amides is 1. The van der Waals surface area contributed by atoms with Crippen molar-refractivity contribution in [3.05, 3.63) is 70.5 Å². The molecular weight excluding hydrogens is 340 g/mol. The Kier molecular flexibility index (Phi) is 4.53. The van der Waals surface area contributed by atoms with E-state index in [1.54, 1.807) is 24.3 Å². The lowest BCUT2D eigenvalue weighted by Gasteiger charge is -2.02. The Balaban J connectivity index is 1.87. The van der Waals surface area contributed by atoms with E-state index in [-0.39, 0.29) is 22.8 Å². The highest BCUT2D eigenvalue weighted by Gasteiger charge is 2.17. The summed E-state index contributed by atoms with van der Waals surface area (Å²) in [6.07, 6.45) is 3.75. The van der Waals surface area contributed by atoms with Crippen LogP contribution in [0, 0.1) is 21.4 Å². The lowest BCUT2D eigenvalue weighted by Crippen LogP contribution is -2.22. The smallest absolute Gasteiger partial charge is 0.280 e. The van der Waals surface area contributed by atoms with Crippen molar-refractivity contribution in [1.82, 2.24) is 14.9 Å². The SMILES string of the molecule is N#C/C(=C/c1ccc(-c2ccccc2[N+](=O)[O-])o1)C(=O)Nn1cnnc1. The van der Waals surface area contributed by atoms with Crippen LogP contribution in [-0.4, -0.2) is 25.7 Å². The molecule has 2 heterocycles. The molecule has 0 aliphatic heterocycles. The molecule has 1 amide bonds. The van der Waals surface area contributed by atoms with Crippen molar-refractivity contribution < 1.29 is 14.1 Å². The molecule has 0 aliphatic carbocycles. The molecular formula is C16H10N6O4. The lowest BCUT2D eigenvalue weighted by atomic mass is 10.1. The summed E-state index contributed by atoms with van der Waals surface area (Å²) in [7, 11) is 0. The summed E-state index contributed by atoms with van der Waals surface area (Å²) in [6, 6.07) is 10.9. The molecule has 0 saturated carbocycles. The van der Waals surface area contributed by atoms with E-state index in [9.17, 15) is 20.2 Å². The highest BCUT2D eigenvalue weighted by atomic mass is 16.6. The summed E-state index contributed by atoms with van der Waals surface area (Å²) < 4.78 is 6.72. The van der Waals surface area contributed by atoms with Crippen molar-refractivity contribution in [3.63, 3.8) is 0 Å². The molecule has 128 valence electrons. The zero-order chi connectivity index (χ0) is 18.5. The van der Waals surface area contributed by atoms with E-state index in [4.69, 9.17) is 4.42 Å². The van der Waals surface area contributed by atoms with Gasteiger partial charge in [-0.05, 0) is 18.2 Å². The molecule has 2 aromatic heterocycles. The molecule has 0 atom stereocenters. The molecule has 10 nitrogen and oxygen atoms in total. The van der Waals surface area contributed by atoms with Gasteiger partial charge in [0.15, 0.2) is 0 Å². The molecule has 0 unspecified atom stereocenters. The molecule has 0 aliphatic rings. The van der Waals surface area contributed by atoms with Crippen molar-refractivity contribution in [1.29, 1.82) is 5.26 Å². The largest absolute Gasteiger partial charge is 0.456 e. The van der Waals surface area contributed by atoms with Crippen LogP contribution in [0.3, 0.4) is 0 Å². The number of nitro groups is 1. The Morgan fingerprint density at radius 2 is 2.00 bits per heavy atom. The van der Waals surface area contributed by atoms with E-state index in [1.807, 2.05) is 0 Å². The number of rotatable bonds is 5. The molecule has 1 N–H and O–H groups in total. The van der Waals surface area contributed by atoms with Crippen LogP contribution in [0.15, 0.2) is 59.0 Å². The topological polar surface area (TPSA) is 140 Å². The van der Waals surface area contributed by atoms with E-state index >= 15 is 0 Å². The van der Waals surface area contributed by atoms with Crippen molar-refractivity contribution >= 4 is 17.7 Å². The molecule has 0 spiro atoms. The first kappa shape index (κ1) is 16.6. The van der Waals surface area contributed by atoms with Crippen LogP contribution in [0.4, 0.5) is 5.69 Å². The molecule has 26 heavy (non-hydrogen) atoms. The van der Waals surface area contributed by atoms with Crippen LogP contribution < -0.4 is 5.43 Å². The van der Waals surface area contributed by atoms with E-state index in [2.05, 4.69) is 15.6 Å². The first-order valence-electron chi connectivity index (χ1n) is 7.20. The first-order valence-corrected chi connectivity index (χ1v) is 7.20. The second kappa shape index (κ2) is 7.10. The lowest BCUT2D eigenvalue weighted by molar-refractivity contribution is -0.384. The predicted molar refractivity (Wildman–Crippen MR) is 88.8 cm³/mol. The second-order valence-corrected chi connectivity index (χ2v) is 4.96. The number of carbonyl (C=O) groups excluding carboxylic acids is 1. The van der Waals surface area contributed by atoms with Gasteiger partial charge >= 0.3 is 0 Å². The monoisotopic (exact) mass is 350 g/mol. The fourth-order valence-electron chi connectivity index (χ4n) is 2.14. The van der Waals surface area contributed by atoms with Gasteiger partial charge in [0.25, 0.3) is 11.6 Å². The maximum atomic E-state index is 12.1. The van der Waals surface area contributed by atoms with Crippen molar-refractivity contribution in [3.8, 4) is 17.4 Å². The fraction of sp³-hybridized carbons (Fsp3) is 0. The van der Waals surface area contributed by atoms with Crippen molar-refractivity contribution in [2.45, 2.75) is 0 Å². The number of para-hydroxylation sites is 1. The van der Waals surface area contributed by atoms with Crippen molar-refractivity contribution in [2.24, 2.45) is 0 Å². The summed E-state index contributed by atoms with van der Waals surface area (Å²) in [5.74, 6) is -0.232. The minimum absolute atomic E-state index is 0.108. The summed E-state index contributed by atoms with van der Waals surface area (Å²) in [5, 5.41) is 27.3. The maximum absolute atomic E-state index is 12.1. The van der Waals surface area contributed by atoms with Gasteiger partial charge in [-0.2, -0.15) is 5.26 Å². The highest BCUT2D eigenvalue weighted by Crippen LogP contribution is 2.31. The van der Waals surface area contributed by atoms with E-state index in [0.29, 0.717) is 5.56 Å². The van der Waals surface area contributed by atoms with Crippen LogP contribution in [0.2, 0.25) is 0 Å². The number of carbonyl (C=O) groups is 1. The average Bonchev–Trinajstić information content (AvgIpc) is 3.31. The van der Waals surface area contributed by atoms with Crippen LogP contribution in [-0.2, 0) is 4.79 Å². The van der Waals surface area contributed by atoms with Gasteiger partial charge in [-0.1, -0.05) is 12.1 Å². The number of nitrogens with one attached hydrogen (secondary N) is 1. The molecule has 0 saturated heterocycles. The van der Waals surface area contributed by atoms with E-state index in [1.165, 1.54) is 41.6 Å². The fourth-order valence-corrected chi connectivity index (χ4v) is 2.14. The summed E-state index contributed by atoms with van der Waals surface area (Å²) in [6.45, 7) is 0.